The molecule has 1 amide bonds. The van der Waals surface area contributed by atoms with E-state index >= 15 is 0 Å². The Bertz CT molecular complexity index is 844. The van der Waals surface area contributed by atoms with Gasteiger partial charge in [-0.1, -0.05) is 11.6 Å². The van der Waals surface area contributed by atoms with Crippen LogP contribution in [-0.4, -0.2) is 28.0 Å². The second kappa shape index (κ2) is 7.64. The highest BCUT2D eigenvalue weighted by Gasteiger charge is 2.22. The number of carbonyl (C=O) groups excluding carboxylic acids is 2. The van der Waals surface area contributed by atoms with Crippen LogP contribution in [0.5, 0.6) is 0 Å². The molecule has 0 unspecified atom stereocenters. The SMILES string of the molecule is CC(C)(C)OC(=O)Nc1ccc(Cl)cc1-c1cccn1C(=O)OC(C)(C)C. The molecule has 7 heteroatoms. The smallest absolute Gasteiger partial charge is 0.418 e. The number of aromatic nitrogens is 1. The molecule has 0 spiro atoms. The van der Waals surface area contributed by atoms with Crippen LogP contribution in [-0.2, 0) is 9.47 Å². The monoisotopic (exact) mass is 392 g/mol. The first-order chi connectivity index (χ1) is 12.4. The fourth-order valence-corrected chi connectivity index (χ4v) is 2.49. The lowest BCUT2D eigenvalue weighted by Crippen LogP contribution is -2.28. The van der Waals surface area contributed by atoms with Crippen LogP contribution in [0.15, 0.2) is 36.5 Å². The number of hydrogen-bond acceptors (Lipinski definition) is 4. The molecule has 0 saturated heterocycles. The number of nitrogens with zero attached hydrogens (tertiary/aromatic N) is 1. The maximum absolute atomic E-state index is 12.5. The van der Waals surface area contributed by atoms with Gasteiger partial charge in [0.05, 0.1) is 11.4 Å². The third-order valence-corrected chi connectivity index (χ3v) is 3.47. The van der Waals surface area contributed by atoms with Gasteiger partial charge in [0.1, 0.15) is 11.2 Å². The third kappa shape index (κ3) is 6.03. The number of rotatable bonds is 2. The number of nitrogens with one attached hydrogen (secondary N) is 1. The van der Waals surface area contributed by atoms with Crippen LogP contribution in [0, 0.1) is 0 Å². The summed E-state index contributed by atoms with van der Waals surface area (Å²) in [5, 5.41) is 3.18. The molecule has 2 rings (SSSR count). The van der Waals surface area contributed by atoms with E-state index in [0.717, 1.165) is 0 Å². The van der Waals surface area contributed by atoms with Gasteiger partial charge in [-0.25, -0.2) is 9.59 Å². The van der Waals surface area contributed by atoms with Gasteiger partial charge in [0.25, 0.3) is 0 Å². The molecule has 0 atom stereocenters. The van der Waals surface area contributed by atoms with Crippen molar-refractivity contribution in [2.75, 3.05) is 5.32 Å². The molecule has 0 aliphatic heterocycles. The number of carbonyl (C=O) groups is 2. The minimum Gasteiger partial charge on any atom is -0.444 e. The van der Waals surface area contributed by atoms with Crippen LogP contribution in [0.1, 0.15) is 41.5 Å². The van der Waals surface area contributed by atoms with Gasteiger partial charge in [-0.3, -0.25) is 9.88 Å². The van der Waals surface area contributed by atoms with Crippen molar-refractivity contribution in [1.82, 2.24) is 4.57 Å². The third-order valence-electron chi connectivity index (χ3n) is 3.23. The fraction of sp³-hybridized carbons (Fsp3) is 0.400. The summed E-state index contributed by atoms with van der Waals surface area (Å²) in [7, 11) is 0. The zero-order chi connectivity index (χ0) is 20.4. The van der Waals surface area contributed by atoms with E-state index in [1.54, 1.807) is 78.1 Å². The molecular weight excluding hydrogens is 368 g/mol. The predicted octanol–water partition coefficient (Wildman–Crippen LogP) is 5.94. The quantitative estimate of drug-likeness (QED) is 0.686. The summed E-state index contributed by atoms with van der Waals surface area (Å²) in [5.74, 6) is 0. The minimum atomic E-state index is -0.634. The number of ether oxygens (including phenoxy) is 2. The number of anilines is 1. The van der Waals surface area contributed by atoms with Crippen LogP contribution >= 0.6 is 11.6 Å². The Morgan fingerprint density at radius 1 is 1.00 bits per heavy atom. The summed E-state index contributed by atoms with van der Waals surface area (Å²) >= 11 is 6.15. The molecule has 0 saturated carbocycles. The summed E-state index contributed by atoms with van der Waals surface area (Å²) in [5.41, 5.74) is 0.317. The molecule has 27 heavy (non-hydrogen) atoms. The number of halogens is 1. The summed E-state index contributed by atoms with van der Waals surface area (Å²) in [6.07, 6.45) is 0.480. The molecule has 0 bridgehead atoms. The predicted molar refractivity (Wildman–Crippen MR) is 106 cm³/mol. The van der Waals surface area contributed by atoms with Gasteiger partial charge in [0.2, 0.25) is 0 Å². The zero-order valence-electron chi connectivity index (χ0n) is 16.4. The summed E-state index contributed by atoms with van der Waals surface area (Å²) in [6, 6.07) is 8.45. The maximum atomic E-state index is 12.5. The van der Waals surface area contributed by atoms with Crippen molar-refractivity contribution in [3.8, 4) is 11.3 Å². The van der Waals surface area contributed by atoms with Crippen LogP contribution in [0.4, 0.5) is 15.3 Å². The van der Waals surface area contributed by atoms with E-state index in [9.17, 15) is 9.59 Å². The Labute approximate surface area is 164 Å². The second-order valence-corrected chi connectivity index (χ2v) is 8.50. The molecule has 0 fully saturated rings. The van der Waals surface area contributed by atoms with Crippen LogP contribution in [0.3, 0.4) is 0 Å². The molecule has 1 aromatic heterocycles. The van der Waals surface area contributed by atoms with Crippen molar-refractivity contribution in [3.63, 3.8) is 0 Å². The van der Waals surface area contributed by atoms with Gasteiger partial charge in [-0.15, -0.1) is 0 Å². The summed E-state index contributed by atoms with van der Waals surface area (Å²) in [4.78, 5) is 24.7. The summed E-state index contributed by atoms with van der Waals surface area (Å²) < 4.78 is 12.1. The first-order valence-corrected chi connectivity index (χ1v) is 8.94. The highest BCUT2D eigenvalue weighted by molar-refractivity contribution is 6.31. The maximum Gasteiger partial charge on any atom is 0.418 e. The van der Waals surface area contributed by atoms with Crippen LogP contribution < -0.4 is 5.32 Å². The lowest BCUT2D eigenvalue weighted by Gasteiger charge is -2.22. The van der Waals surface area contributed by atoms with E-state index in [1.165, 1.54) is 4.57 Å². The van der Waals surface area contributed by atoms with Gasteiger partial charge in [0, 0.05) is 16.8 Å². The van der Waals surface area contributed by atoms with E-state index < -0.39 is 23.4 Å². The molecule has 2 aromatic rings. The average molecular weight is 393 g/mol. The normalized spacial score (nSPS) is 11.8. The van der Waals surface area contributed by atoms with Crippen molar-refractivity contribution >= 4 is 29.5 Å². The van der Waals surface area contributed by atoms with E-state index in [-0.39, 0.29) is 0 Å². The van der Waals surface area contributed by atoms with Crippen molar-refractivity contribution in [2.45, 2.75) is 52.7 Å². The topological polar surface area (TPSA) is 69.6 Å². The fourth-order valence-electron chi connectivity index (χ4n) is 2.32. The Kier molecular flexibility index (Phi) is 5.90. The summed E-state index contributed by atoms with van der Waals surface area (Å²) in [6.45, 7) is 10.7. The largest absolute Gasteiger partial charge is 0.444 e. The lowest BCUT2D eigenvalue weighted by atomic mass is 10.1. The first kappa shape index (κ1) is 20.8. The highest BCUT2D eigenvalue weighted by atomic mass is 35.5. The van der Waals surface area contributed by atoms with Gasteiger partial charge >= 0.3 is 12.2 Å². The Morgan fingerprint density at radius 3 is 2.22 bits per heavy atom. The molecule has 1 aromatic carbocycles. The number of benzene rings is 1. The Balaban J connectivity index is 2.40. The highest BCUT2D eigenvalue weighted by Crippen LogP contribution is 2.32. The van der Waals surface area contributed by atoms with Crippen LogP contribution in [0.25, 0.3) is 11.3 Å². The minimum absolute atomic E-state index is 0.469. The molecule has 6 nitrogen and oxygen atoms in total. The van der Waals surface area contributed by atoms with Crippen LogP contribution in [0.2, 0.25) is 5.02 Å². The second-order valence-electron chi connectivity index (χ2n) is 8.06. The van der Waals surface area contributed by atoms with E-state index in [4.69, 9.17) is 21.1 Å². The zero-order valence-corrected chi connectivity index (χ0v) is 17.2. The van der Waals surface area contributed by atoms with Crippen molar-refractivity contribution in [3.05, 3.63) is 41.6 Å². The Morgan fingerprint density at radius 2 is 1.63 bits per heavy atom. The number of amides is 1. The van der Waals surface area contributed by atoms with Crippen molar-refractivity contribution in [2.24, 2.45) is 0 Å². The molecule has 1 N–H and O–H groups in total. The molecule has 0 aliphatic rings. The Hall–Kier alpha value is -2.47. The van der Waals surface area contributed by atoms with Gasteiger partial charge < -0.3 is 9.47 Å². The number of hydrogen-bond donors (Lipinski definition) is 1. The van der Waals surface area contributed by atoms with Crippen molar-refractivity contribution < 1.29 is 19.1 Å². The molecule has 1 heterocycles. The molecule has 146 valence electrons. The van der Waals surface area contributed by atoms with E-state index in [2.05, 4.69) is 5.32 Å². The lowest BCUT2D eigenvalue weighted by molar-refractivity contribution is 0.0539. The standard InChI is InChI=1S/C20H25ClN2O4/c1-19(2,3)26-17(24)22-15-10-9-13(21)12-14(15)16-8-7-11-23(16)18(25)27-20(4,5)6/h7-12H,1-6H3,(H,22,24). The average Bonchev–Trinajstić information content (AvgIpc) is 2.94. The van der Waals surface area contributed by atoms with Gasteiger partial charge in [-0.2, -0.15) is 0 Å². The van der Waals surface area contributed by atoms with E-state index in [0.29, 0.717) is 22.0 Å². The molecular formula is C20H25ClN2O4. The van der Waals surface area contributed by atoms with Gasteiger partial charge in [-0.05, 0) is 71.9 Å². The molecule has 0 radical (unpaired) electrons. The van der Waals surface area contributed by atoms with Gasteiger partial charge in [0.15, 0.2) is 0 Å². The molecule has 0 aliphatic carbocycles. The first-order valence-electron chi connectivity index (χ1n) is 8.56. The van der Waals surface area contributed by atoms with E-state index in [1.807, 2.05) is 0 Å². The van der Waals surface area contributed by atoms with Crippen molar-refractivity contribution in [1.29, 1.82) is 0 Å².